The van der Waals surface area contributed by atoms with Gasteiger partial charge in [-0.2, -0.15) is 5.10 Å². The smallest absolute Gasteiger partial charge is 0.277 e. The first-order valence-corrected chi connectivity index (χ1v) is 11.0. The van der Waals surface area contributed by atoms with Crippen molar-refractivity contribution < 1.29 is 14.3 Å². The molecule has 0 radical (unpaired) electrons. The van der Waals surface area contributed by atoms with Gasteiger partial charge in [0.25, 0.3) is 5.91 Å². The molecule has 0 fully saturated rings. The van der Waals surface area contributed by atoms with E-state index >= 15 is 0 Å². The number of hydrazone groups is 1. The zero-order valence-electron chi connectivity index (χ0n) is 19.2. The molecule has 170 valence electrons. The van der Waals surface area contributed by atoms with Crippen LogP contribution in [-0.4, -0.2) is 37.9 Å². The van der Waals surface area contributed by atoms with Gasteiger partial charge in [0.2, 0.25) is 0 Å². The van der Waals surface area contributed by atoms with E-state index in [-0.39, 0.29) is 18.1 Å². The summed E-state index contributed by atoms with van der Waals surface area (Å²) in [7, 11) is 1.64. The third kappa shape index (κ3) is 5.43. The van der Waals surface area contributed by atoms with Crippen LogP contribution in [0.25, 0.3) is 5.57 Å². The highest BCUT2D eigenvalue weighted by Crippen LogP contribution is 2.41. The molecule has 0 bridgehead atoms. The van der Waals surface area contributed by atoms with Gasteiger partial charge in [0.15, 0.2) is 6.61 Å². The second-order valence-electron chi connectivity index (χ2n) is 8.28. The number of anilines is 1. The molecule has 7 heteroatoms. The maximum Gasteiger partial charge on any atom is 0.277 e. The van der Waals surface area contributed by atoms with Crippen LogP contribution in [0.15, 0.2) is 47.6 Å². The lowest BCUT2D eigenvalue weighted by atomic mass is 9.87. The zero-order valence-corrected chi connectivity index (χ0v) is 20.0. The number of hydrogen-bond acceptors (Lipinski definition) is 5. The van der Waals surface area contributed by atoms with E-state index in [9.17, 15) is 4.79 Å². The summed E-state index contributed by atoms with van der Waals surface area (Å²) >= 11 is 5.92. The molecule has 0 aliphatic carbocycles. The first-order chi connectivity index (χ1) is 15.2. The number of carbonyl (C=O) groups is 1. The van der Waals surface area contributed by atoms with Crippen LogP contribution in [-0.2, 0) is 4.79 Å². The Morgan fingerprint density at radius 2 is 2.06 bits per heavy atom. The SMILES string of the molecule is CCCN1c2cc(OC)c(/C=N/NC(=O)COc3cccc(Cl)c3)cc2C(C)=CC1(C)C. The Hall–Kier alpha value is -2.99. The lowest BCUT2D eigenvalue weighted by molar-refractivity contribution is -0.123. The Morgan fingerprint density at radius 3 is 2.75 bits per heavy atom. The highest BCUT2D eigenvalue weighted by atomic mass is 35.5. The fraction of sp³-hybridized carbons (Fsp3) is 0.360. The molecular formula is C25H30ClN3O3. The Morgan fingerprint density at radius 1 is 1.28 bits per heavy atom. The summed E-state index contributed by atoms with van der Waals surface area (Å²) in [5.41, 5.74) is 6.68. The van der Waals surface area contributed by atoms with E-state index in [0.717, 1.165) is 29.8 Å². The van der Waals surface area contributed by atoms with Crippen molar-refractivity contribution in [1.82, 2.24) is 5.43 Å². The van der Waals surface area contributed by atoms with E-state index in [1.54, 1.807) is 37.6 Å². The number of hydrogen-bond donors (Lipinski definition) is 1. The van der Waals surface area contributed by atoms with Gasteiger partial charge in [-0.15, -0.1) is 0 Å². The van der Waals surface area contributed by atoms with E-state index in [1.165, 1.54) is 5.57 Å². The molecule has 1 aliphatic heterocycles. The number of rotatable bonds is 8. The van der Waals surface area contributed by atoms with Crippen LogP contribution in [0.3, 0.4) is 0 Å². The normalized spacial score (nSPS) is 14.7. The highest BCUT2D eigenvalue weighted by molar-refractivity contribution is 6.30. The van der Waals surface area contributed by atoms with Crippen molar-refractivity contribution in [2.75, 3.05) is 25.2 Å². The first-order valence-electron chi connectivity index (χ1n) is 10.6. The second kappa shape index (κ2) is 10.1. The summed E-state index contributed by atoms with van der Waals surface area (Å²) < 4.78 is 11.1. The summed E-state index contributed by atoms with van der Waals surface area (Å²) in [5.74, 6) is 0.850. The van der Waals surface area contributed by atoms with Gasteiger partial charge in [-0.05, 0) is 57.0 Å². The predicted octanol–water partition coefficient (Wildman–Crippen LogP) is 5.29. The van der Waals surface area contributed by atoms with Crippen LogP contribution in [0.5, 0.6) is 11.5 Å². The van der Waals surface area contributed by atoms with Crippen molar-refractivity contribution in [3.63, 3.8) is 0 Å². The number of ether oxygens (including phenoxy) is 2. The number of fused-ring (bicyclic) bond motifs is 1. The molecule has 0 spiro atoms. The third-order valence-corrected chi connectivity index (χ3v) is 5.57. The molecular weight excluding hydrogens is 426 g/mol. The summed E-state index contributed by atoms with van der Waals surface area (Å²) in [6.45, 7) is 9.52. The molecule has 0 saturated heterocycles. The van der Waals surface area contributed by atoms with Crippen molar-refractivity contribution in [1.29, 1.82) is 0 Å². The van der Waals surface area contributed by atoms with E-state index in [2.05, 4.69) is 61.3 Å². The number of amides is 1. The molecule has 1 N–H and O–H groups in total. The topological polar surface area (TPSA) is 63.2 Å². The molecule has 0 unspecified atom stereocenters. The molecule has 0 atom stereocenters. The molecule has 1 aliphatic rings. The second-order valence-corrected chi connectivity index (χ2v) is 8.72. The molecule has 0 saturated carbocycles. The number of carbonyl (C=O) groups excluding carboxylic acids is 1. The maximum absolute atomic E-state index is 12.1. The van der Waals surface area contributed by atoms with E-state index in [0.29, 0.717) is 16.5 Å². The number of allylic oxidation sites excluding steroid dienone is 1. The van der Waals surface area contributed by atoms with Crippen LogP contribution in [0, 0.1) is 0 Å². The lowest BCUT2D eigenvalue weighted by Crippen LogP contribution is -2.45. The van der Waals surface area contributed by atoms with Crippen LogP contribution in [0.2, 0.25) is 5.02 Å². The van der Waals surface area contributed by atoms with Crippen molar-refractivity contribution in [2.24, 2.45) is 5.10 Å². The Bertz CT molecular complexity index is 1050. The predicted molar refractivity (Wildman–Crippen MR) is 131 cm³/mol. The molecule has 2 aromatic carbocycles. The number of halogens is 1. The monoisotopic (exact) mass is 455 g/mol. The number of methoxy groups -OCH3 is 1. The van der Waals surface area contributed by atoms with E-state index in [1.807, 2.05) is 0 Å². The van der Waals surface area contributed by atoms with Crippen LogP contribution in [0.1, 0.15) is 45.2 Å². The highest BCUT2D eigenvalue weighted by Gasteiger charge is 2.31. The van der Waals surface area contributed by atoms with Crippen molar-refractivity contribution >= 4 is 35.0 Å². The van der Waals surface area contributed by atoms with Gasteiger partial charge in [-0.25, -0.2) is 5.43 Å². The van der Waals surface area contributed by atoms with Crippen LogP contribution >= 0.6 is 11.6 Å². The minimum atomic E-state index is -0.370. The molecule has 3 rings (SSSR count). The lowest BCUT2D eigenvalue weighted by Gasteiger charge is -2.43. The summed E-state index contributed by atoms with van der Waals surface area (Å²) in [5, 5.41) is 4.64. The average molecular weight is 456 g/mol. The third-order valence-electron chi connectivity index (χ3n) is 5.34. The van der Waals surface area contributed by atoms with Gasteiger partial charge in [-0.1, -0.05) is 30.7 Å². The Labute approximate surface area is 194 Å². The molecule has 1 amide bonds. The van der Waals surface area contributed by atoms with Gasteiger partial charge in [0, 0.05) is 34.4 Å². The van der Waals surface area contributed by atoms with Crippen molar-refractivity contribution in [2.45, 2.75) is 39.7 Å². The number of nitrogens with zero attached hydrogens (tertiary/aromatic N) is 2. The molecule has 6 nitrogen and oxygen atoms in total. The summed E-state index contributed by atoms with van der Waals surface area (Å²) in [6.07, 6.45) is 4.92. The summed E-state index contributed by atoms with van der Waals surface area (Å²) in [6, 6.07) is 11.0. The van der Waals surface area contributed by atoms with E-state index < -0.39 is 0 Å². The Kier molecular flexibility index (Phi) is 7.46. The van der Waals surface area contributed by atoms with Gasteiger partial charge in [-0.3, -0.25) is 4.79 Å². The Balaban J connectivity index is 1.75. The minimum absolute atomic E-state index is 0.0787. The largest absolute Gasteiger partial charge is 0.496 e. The average Bonchev–Trinajstić information content (AvgIpc) is 2.74. The van der Waals surface area contributed by atoms with Crippen LogP contribution < -0.4 is 19.8 Å². The zero-order chi connectivity index (χ0) is 23.3. The quantitative estimate of drug-likeness (QED) is 0.434. The fourth-order valence-electron chi connectivity index (χ4n) is 3.94. The van der Waals surface area contributed by atoms with Crippen LogP contribution in [0.4, 0.5) is 5.69 Å². The van der Waals surface area contributed by atoms with E-state index in [4.69, 9.17) is 21.1 Å². The molecule has 32 heavy (non-hydrogen) atoms. The molecule has 1 heterocycles. The molecule has 0 aromatic heterocycles. The fourth-order valence-corrected chi connectivity index (χ4v) is 4.12. The van der Waals surface area contributed by atoms with Gasteiger partial charge in [0.1, 0.15) is 11.5 Å². The van der Waals surface area contributed by atoms with Crippen molar-refractivity contribution in [3.8, 4) is 11.5 Å². The molecule has 2 aromatic rings. The summed E-state index contributed by atoms with van der Waals surface area (Å²) in [4.78, 5) is 14.5. The minimum Gasteiger partial charge on any atom is -0.496 e. The number of nitrogens with one attached hydrogen (secondary N) is 1. The van der Waals surface area contributed by atoms with Gasteiger partial charge in [0.05, 0.1) is 18.9 Å². The maximum atomic E-state index is 12.1. The van der Waals surface area contributed by atoms with Gasteiger partial charge >= 0.3 is 0 Å². The number of benzene rings is 2. The van der Waals surface area contributed by atoms with Crippen molar-refractivity contribution in [3.05, 3.63) is 58.6 Å². The standard InChI is InChI=1S/C25H30ClN3O3/c1-6-10-29-22-13-23(31-5)18(11-21(22)17(2)14-25(29,3)4)15-27-28-24(30)16-32-20-9-7-8-19(26)12-20/h7-9,11-15H,6,10,16H2,1-5H3,(H,28,30)/b27-15+. The first kappa shape index (κ1) is 23.7. The van der Waals surface area contributed by atoms with Gasteiger partial charge < -0.3 is 14.4 Å².